The largest absolute Gasteiger partial charge is 0.490 e. The van der Waals surface area contributed by atoms with E-state index in [9.17, 15) is 4.79 Å². The molecule has 0 unspecified atom stereocenters. The third kappa shape index (κ3) is 4.75. The first kappa shape index (κ1) is 17.9. The van der Waals surface area contributed by atoms with Gasteiger partial charge in [0.25, 0.3) is 5.91 Å². The maximum atomic E-state index is 12.7. The molecule has 1 amide bonds. The molecule has 128 valence electrons. The van der Waals surface area contributed by atoms with Crippen LogP contribution in [0.1, 0.15) is 37.0 Å². The number of rotatable bonds is 6. The summed E-state index contributed by atoms with van der Waals surface area (Å²) in [5.74, 6) is 1.03. The summed E-state index contributed by atoms with van der Waals surface area (Å²) >= 11 is 6.33. The summed E-state index contributed by atoms with van der Waals surface area (Å²) in [6, 6.07) is 3.41. The Morgan fingerprint density at radius 1 is 1.26 bits per heavy atom. The van der Waals surface area contributed by atoms with Crippen LogP contribution < -0.4 is 14.8 Å². The SMILES string of the molecule is CCCOc1c(Cl)cc(C(=O)N2CCCNCC2)cc1OCC. The van der Waals surface area contributed by atoms with Crippen LogP contribution in [0.25, 0.3) is 0 Å². The lowest BCUT2D eigenvalue weighted by atomic mass is 10.1. The molecule has 0 aliphatic carbocycles. The molecule has 0 atom stereocenters. The van der Waals surface area contributed by atoms with Crippen molar-refractivity contribution in [3.05, 3.63) is 22.7 Å². The lowest BCUT2D eigenvalue weighted by molar-refractivity contribution is 0.0766. The number of carbonyl (C=O) groups is 1. The predicted molar refractivity (Wildman–Crippen MR) is 91.8 cm³/mol. The van der Waals surface area contributed by atoms with Gasteiger partial charge in [0.05, 0.1) is 18.2 Å². The molecule has 5 nitrogen and oxygen atoms in total. The van der Waals surface area contributed by atoms with Gasteiger partial charge < -0.3 is 19.7 Å². The molecule has 0 spiro atoms. The number of hydrogen-bond donors (Lipinski definition) is 1. The lowest BCUT2D eigenvalue weighted by Crippen LogP contribution is -2.34. The van der Waals surface area contributed by atoms with Crippen LogP contribution in [0.2, 0.25) is 5.02 Å². The summed E-state index contributed by atoms with van der Waals surface area (Å²) in [5.41, 5.74) is 0.546. The number of hydrogen-bond acceptors (Lipinski definition) is 4. The highest BCUT2D eigenvalue weighted by atomic mass is 35.5. The Bertz CT molecular complexity index is 529. The van der Waals surface area contributed by atoms with Crippen LogP contribution in [0.5, 0.6) is 11.5 Å². The lowest BCUT2D eigenvalue weighted by Gasteiger charge is -2.21. The van der Waals surface area contributed by atoms with Crippen molar-refractivity contribution >= 4 is 17.5 Å². The number of ether oxygens (including phenoxy) is 2. The summed E-state index contributed by atoms with van der Waals surface area (Å²) in [5, 5.41) is 3.71. The molecule has 1 fully saturated rings. The molecule has 0 radical (unpaired) electrons. The fourth-order valence-electron chi connectivity index (χ4n) is 2.53. The molecule has 1 aromatic carbocycles. The summed E-state index contributed by atoms with van der Waals surface area (Å²) in [6.45, 7) is 8.19. The van der Waals surface area contributed by atoms with Gasteiger partial charge in [-0.25, -0.2) is 0 Å². The molecular formula is C17H25ClN2O3. The molecule has 0 aromatic heterocycles. The molecular weight excluding hydrogens is 316 g/mol. The highest BCUT2D eigenvalue weighted by Crippen LogP contribution is 2.37. The minimum absolute atomic E-state index is 0.0152. The Morgan fingerprint density at radius 2 is 2.09 bits per heavy atom. The number of benzene rings is 1. The maximum absolute atomic E-state index is 12.7. The first-order valence-electron chi connectivity index (χ1n) is 8.26. The van der Waals surface area contributed by atoms with Gasteiger partial charge >= 0.3 is 0 Å². The third-order valence-corrected chi connectivity index (χ3v) is 3.91. The number of nitrogens with zero attached hydrogens (tertiary/aromatic N) is 1. The second kappa shape index (κ2) is 8.99. The van der Waals surface area contributed by atoms with Gasteiger partial charge in [0.15, 0.2) is 11.5 Å². The smallest absolute Gasteiger partial charge is 0.254 e. The second-order valence-corrected chi connectivity index (χ2v) is 5.87. The number of carbonyl (C=O) groups excluding carboxylic acids is 1. The Kier molecular flexibility index (Phi) is 6.99. The maximum Gasteiger partial charge on any atom is 0.254 e. The molecule has 1 saturated heterocycles. The number of amides is 1. The highest BCUT2D eigenvalue weighted by molar-refractivity contribution is 6.32. The van der Waals surface area contributed by atoms with Gasteiger partial charge in [-0.1, -0.05) is 18.5 Å². The second-order valence-electron chi connectivity index (χ2n) is 5.46. The fourth-order valence-corrected chi connectivity index (χ4v) is 2.80. The van der Waals surface area contributed by atoms with E-state index >= 15 is 0 Å². The van der Waals surface area contributed by atoms with E-state index in [0.29, 0.717) is 41.8 Å². The van der Waals surface area contributed by atoms with Crippen LogP contribution >= 0.6 is 11.6 Å². The van der Waals surface area contributed by atoms with Crippen molar-refractivity contribution < 1.29 is 14.3 Å². The Hall–Kier alpha value is -1.46. The van der Waals surface area contributed by atoms with Crippen molar-refractivity contribution in [3.63, 3.8) is 0 Å². The quantitative estimate of drug-likeness (QED) is 0.865. The van der Waals surface area contributed by atoms with E-state index in [1.165, 1.54) is 0 Å². The molecule has 0 bridgehead atoms. The van der Waals surface area contributed by atoms with Gasteiger partial charge in [-0.15, -0.1) is 0 Å². The van der Waals surface area contributed by atoms with Gasteiger partial charge in [0.1, 0.15) is 0 Å². The van der Waals surface area contributed by atoms with Crippen LogP contribution in [0.3, 0.4) is 0 Å². The summed E-state index contributed by atoms with van der Waals surface area (Å²) in [6.07, 6.45) is 1.83. The van der Waals surface area contributed by atoms with Crippen molar-refractivity contribution in [2.75, 3.05) is 39.4 Å². The van der Waals surface area contributed by atoms with Gasteiger partial charge in [0, 0.05) is 25.2 Å². The molecule has 1 N–H and O–H groups in total. The number of nitrogens with one attached hydrogen (secondary N) is 1. The van der Waals surface area contributed by atoms with Crippen molar-refractivity contribution in [1.82, 2.24) is 10.2 Å². The highest BCUT2D eigenvalue weighted by Gasteiger charge is 2.21. The van der Waals surface area contributed by atoms with E-state index in [-0.39, 0.29) is 5.91 Å². The topological polar surface area (TPSA) is 50.8 Å². The summed E-state index contributed by atoms with van der Waals surface area (Å²) < 4.78 is 11.3. The number of halogens is 1. The summed E-state index contributed by atoms with van der Waals surface area (Å²) in [4.78, 5) is 14.6. The monoisotopic (exact) mass is 340 g/mol. The van der Waals surface area contributed by atoms with E-state index in [2.05, 4.69) is 5.32 Å². The third-order valence-electron chi connectivity index (χ3n) is 3.63. The fraction of sp³-hybridized carbons (Fsp3) is 0.588. The minimum Gasteiger partial charge on any atom is -0.490 e. The van der Waals surface area contributed by atoms with Crippen molar-refractivity contribution in [1.29, 1.82) is 0 Å². The van der Waals surface area contributed by atoms with Crippen molar-refractivity contribution in [3.8, 4) is 11.5 Å². The molecule has 0 saturated carbocycles. The molecule has 1 aliphatic heterocycles. The Balaban J connectivity index is 2.25. The predicted octanol–water partition coefficient (Wildman–Crippen LogP) is 2.96. The van der Waals surface area contributed by atoms with E-state index < -0.39 is 0 Å². The average molecular weight is 341 g/mol. The first-order valence-corrected chi connectivity index (χ1v) is 8.64. The van der Waals surface area contributed by atoms with Crippen LogP contribution in [0.4, 0.5) is 0 Å². The van der Waals surface area contributed by atoms with Gasteiger partial charge in [-0.05, 0) is 38.4 Å². The molecule has 1 heterocycles. The van der Waals surface area contributed by atoms with Crippen molar-refractivity contribution in [2.45, 2.75) is 26.7 Å². The Morgan fingerprint density at radius 3 is 2.83 bits per heavy atom. The first-order chi connectivity index (χ1) is 11.2. The zero-order valence-corrected chi connectivity index (χ0v) is 14.6. The van der Waals surface area contributed by atoms with E-state index in [1.54, 1.807) is 12.1 Å². The van der Waals surface area contributed by atoms with Crippen molar-refractivity contribution in [2.24, 2.45) is 0 Å². The molecule has 1 aromatic rings. The van der Waals surface area contributed by atoms with Crippen LogP contribution in [0, 0.1) is 0 Å². The standard InChI is InChI=1S/C17H25ClN2O3/c1-3-10-23-16-14(18)11-13(12-15(16)22-4-2)17(21)20-8-5-6-19-7-9-20/h11-12,19H,3-10H2,1-2H3. The molecule has 2 rings (SSSR count). The van der Waals surface area contributed by atoms with Crippen LogP contribution in [-0.4, -0.2) is 50.2 Å². The molecule has 1 aliphatic rings. The normalized spacial score (nSPS) is 15.2. The molecule has 6 heteroatoms. The zero-order chi connectivity index (χ0) is 16.7. The van der Waals surface area contributed by atoms with Crippen LogP contribution in [-0.2, 0) is 0 Å². The van der Waals surface area contributed by atoms with Gasteiger partial charge in [0.2, 0.25) is 0 Å². The Labute approximate surface area is 142 Å². The minimum atomic E-state index is -0.0152. The van der Waals surface area contributed by atoms with E-state index in [1.807, 2.05) is 18.7 Å². The van der Waals surface area contributed by atoms with E-state index in [4.69, 9.17) is 21.1 Å². The van der Waals surface area contributed by atoms with Gasteiger partial charge in [-0.2, -0.15) is 0 Å². The average Bonchev–Trinajstić information content (AvgIpc) is 2.82. The zero-order valence-electron chi connectivity index (χ0n) is 13.9. The van der Waals surface area contributed by atoms with E-state index in [0.717, 1.165) is 32.5 Å². The van der Waals surface area contributed by atoms with Crippen LogP contribution in [0.15, 0.2) is 12.1 Å². The summed E-state index contributed by atoms with van der Waals surface area (Å²) in [7, 11) is 0. The molecule has 23 heavy (non-hydrogen) atoms. The van der Waals surface area contributed by atoms with Gasteiger partial charge in [-0.3, -0.25) is 4.79 Å².